The number of epoxide rings is 1. The minimum Gasteiger partial charge on any atom is -0.459 e. The summed E-state index contributed by atoms with van der Waals surface area (Å²) < 4.78 is 11.3. The van der Waals surface area contributed by atoms with Crippen molar-refractivity contribution in [2.24, 2.45) is 0 Å². The van der Waals surface area contributed by atoms with Gasteiger partial charge in [0.1, 0.15) is 18.3 Å². The lowest BCUT2D eigenvalue weighted by Crippen LogP contribution is -2.47. The van der Waals surface area contributed by atoms with Crippen LogP contribution in [0.4, 0.5) is 0 Å². The number of piperidine rings is 1. The van der Waals surface area contributed by atoms with Crippen LogP contribution in [-0.2, 0) is 14.3 Å². The van der Waals surface area contributed by atoms with Gasteiger partial charge in [-0.05, 0) is 12.6 Å². The van der Waals surface area contributed by atoms with Crippen molar-refractivity contribution in [3.63, 3.8) is 0 Å². The van der Waals surface area contributed by atoms with E-state index in [4.69, 9.17) is 9.47 Å². The molecule has 3 heterocycles. The van der Waals surface area contributed by atoms with Crippen LogP contribution in [0.1, 0.15) is 18.4 Å². The molecule has 110 valence electrons. The summed E-state index contributed by atoms with van der Waals surface area (Å²) in [5.41, 5.74) is 1.26. The molecule has 4 rings (SSSR count). The molecule has 1 aromatic rings. The first-order valence-electron chi connectivity index (χ1n) is 7.48. The molecule has 4 heteroatoms. The van der Waals surface area contributed by atoms with Gasteiger partial charge in [0.05, 0.1) is 5.57 Å². The van der Waals surface area contributed by atoms with Crippen molar-refractivity contribution in [1.29, 1.82) is 0 Å². The van der Waals surface area contributed by atoms with E-state index in [9.17, 15) is 4.79 Å². The summed E-state index contributed by atoms with van der Waals surface area (Å²) >= 11 is 0. The van der Waals surface area contributed by atoms with Gasteiger partial charge in [-0.3, -0.25) is 4.90 Å². The number of carbonyl (C=O) groups excluding carboxylic acids is 1. The average molecular weight is 285 g/mol. The number of benzene rings is 1. The van der Waals surface area contributed by atoms with E-state index in [1.807, 2.05) is 30.3 Å². The Morgan fingerprint density at radius 2 is 1.86 bits per heavy atom. The predicted octanol–water partition coefficient (Wildman–Crippen LogP) is 1.86. The highest BCUT2D eigenvalue weighted by molar-refractivity contribution is 6.15. The molecular weight excluding hydrogens is 266 g/mol. The smallest absolute Gasteiger partial charge is 0.338 e. The van der Waals surface area contributed by atoms with Gasteiger partial charge < -0.3 is 9.47 Å². The number of hydrogen-bond donors (Lipinski definition) is 0. The van der Waals surface area contributed by atoms with Gasteiger partial charge in [0, 0.05) is 24.9 Å². The molecule has 0 aromatic heterocycles. The van der Waals surface area contributed by atoms with E-state index in [2.05, 4.69) is 18.5 Å². The van der Waals surface area contributed by atoms with Crippen molar-refractivity contribution in [3.8, 4) is 0 Å². The number of ether oxygens (including phenoxy) is 2. The molecule has 0 spiro atoms. The maximum atomic E-state index is 12.3. The van der Waals surface area contributed by atoms with Crippen molar-refractivity contribution < 1.29 is 14.3 Å². The molecule has 3 fully saturated rings. The molecule has 0 amide bonds. The van der Waals surface area contributed by atoms with Crippen molar-refractivity contribution >= 4 is 11.5 Å². The van der Waals surface area contributed by atoms with Crippen LogP contribution in [0.5, 0.6) is 0 Å². The Morgan fingerprint density at radius 3 is 2.48 bits per heavy atom. The van der Waals surface area contributed by atoms with Gasteiger partial charge in [-0.15, -0.1) is 0 Å². The Kier molecular flexibility index (Phi) is 2.91. The third-order valence-electron chi connectivity index (χ3n) is 5.02. The van der Waals surface area contributed by atoms with Gasteiger partial charge in [-0.2, -0.15) is 0 Å². The number of esters is 1. The van der Waals surface area contributed by atoms with E-state index in [0.29, 0.717) is 29.9 Å². The quantitative estimate of drug-likeness (QED) is 0.483. The lowest BCUT2D eigenvalue weighted by molar-refractivity contribution is -0.146. The van der Waals surface area contributed by atoms with Crippen LogP contribution in [0, 0.1) is 0 Å². The van der Waals surface area contributed by atoms with Crippen LogP contribution in [0.25, 0.3) is 5.57 Å². The van der Waals surface area contributed by atoms with Gasteiger partial charge in [0.15, 0.2) is 0 Å². The third-order valence-corrected chi connectivity index (χ3v) is 5.02. The summed E-state index contributed by atoms with van der Waals surface area (Å²) in [6, 6.07) is 10.3. The van der Waals surface area contributed by atoms with Gasteiger partial charge >= 0.3 is 5.97 Å². The Balaban J connectivity index is 1.41. The molecule has 3 saturated heterocycles. The number of likely N-dealkylation sites (N-methyl/N-ethyl adjacent to an activating group) is 1. The molecule has 4 atom stereocenters. The zero-order valence-corrected chi connectivity index (χ0v) is 12.1. The number of nitrogens with zero attached hydrogens (tertiary/aromatic N) is 1. The SMILES string of the molecule is C=C(C(=O)OC1CC2C3OC3C(C1)N2C)c1ccccc1. The van der Waals surface area contributed by atoms with Crippen LogP contribution in [0.15, 0.2) is 36.9 Å². The van der Waals surface area contributed by atoms with E-state index >= 15 is 0 Å². The summed E-state index contributed by atoms with van der Waals surface area (Å²) in [6.45, 7) is 3.87. The van der Waals surface area contributed by atoms with Gasteiger partial charge in [0.25, 0.3) is 0 Å². The molecule has 0 N–H and O–H groups in total. The molecule has 0 saturated carbocycles. The monoisotopic (exact) mass is 285 g/mol. The zero-order chi connectivity index (χ0) is 14.6. The van der Waals surface area contributed by atoms with Crippen LogP contribution in [0.3, 0.4) is 0 Å². The second-order valence-electron chi connectivity index (χ2n) is 6.21. The van der Waals surface area contributed by atoms with Crippen LogP contribution < -0.4 is 0 Å². The highest BCUT2D eigenvalue weighted by atomic mass is 16.6. The Morgan fingerprint density at radius 1 is 1.24 bits per heavy atom. The minimum atomic E-state index is -0.301. The van der Waals surface area contributed by atoms with Crippen molar-refractivity contribution in [2.75, 3.05) is 7.05 Å². The van der Waals surface area contributed by atoms with Crippen LogP contribution >= 0.6 is 0 Å². The van der Waals surface area contributed by atoms with E-state index in [0.717, 1.165) is 18.4 Å². The van der Waals surface area contributed by atoms with Crippen LogP contribution in [-0.4, -0.2) is 48.3 Å². The maximum absolute atomic E-state index is 12.3. The molecule has 4 nitrogen and oxygen atoms in total. The fraction of sp³-hybridized carbons (Fsp3) is 0.471. The van der Waals surface area contributed by atoms with Crippen molar-refractivity contribution in [1.82, 2.24) is 4.90 Å². The van der Waals surface area contributed by atoms with Crippen LogP contribution in [0.2, 0.25) is 0 Å². The molecule has 3 aliphatic heterocycles. The summed E-state index contributed by atoms with van der Waals surface area (Å²) in [5.74, 6) is -0.301. The maximum Gasteiger partial charge on any atom is 0.338 e. The summed E-state index contributed by atoms with van der Waals surface area (Å²) in [6.07, 6.45) is 2.44. The highest BCUT2D eigenvalue weighted by Gasteiger charge is 2.62. The lowest BCUT2D eigenvalue weighted by Gasteiger charge is -2.37. The number of rotatable bonds is 3. The van der Waals surface area contributed by atoms with Crippen molar-refractivity contribution in [2.45, 2.75) is 43.2 Å². The normalized spacial score (nSPS) is 36.9. The van der Waals surface area contributed by atoms with Gasteiger partial charge in [-0.1, -0.05) is 36.9 Å². The number of morpholine rings is 1. The minimum absolute atomic E-state index is 0.0134. The van der Waals surface area contributed by atoms with E-state index in [1.54, 1.807) is 0 Å². The largest absolute Gasteiger partial charge is 0.459 e. The predicted molar refractivity (Wildman–Crippen MR) is 78.6 cm³/mol. The summed E-state index contributed by atoms with van der Waals surface area (Å²) in [7, 11) is 2.14. The fourth-order valence-corrected chi connectivity index (χ4v) is 3.78. The molecule has 0 aliphatic carbocycles. The Bertz CT molecular complexity index is 567. The summed E-state index contributed by atoms with van der Waals surface area (Å²) in [5, 5.41) is 0. The molecule has 2 bridgehead atoms. The topological polar surface area (TPSA) is 42.1 Å². The second kappa shape index (κ2) is 4.68. The van der Waals surface area contributed by atoms with E-state index in [-0.39, 0.29) is 12.1 Å². The first-order valence-corrected chi connectivity index (χ1v) is 7.48. The molecular formula is C17H19NO3. The summed E-state index contributed by atoms with van der Waals surface area (Å²) in [4.78, 5) is 14.6. The lowest BCUT2D eigenvalue weighted by atomic mass is 9.99. The molecule has 3 aliphatic rings. The van der Waals surface area contributed by atoms with Crippen molar-refractivity contribution in [3.05, 3.63) is 42.5 Å². The second-order valence-corrected chi connectivity index (χ2v) is 6.21. The fourth-order valence-electron chi connectivity index (χ4n) is 3.78. The van der Waals surface area contributed by atoms with Gasteiger partial charge in [0.2, 0.25) is 0 Å². The zero-order valence-electron chi connectivity index (χ0n) is 12.1. The standard InChI is InChI=1S/C17H19NO3/c1-10(11-6-4-3-5-7-11)17(19)20-12-8-13-15-16(21-15)14(9-12)18(13)2/h3-7,12-16H,1,8-9H2,2H3. The first kappa shape index (κ1) is 13.0. The van der Waals surface area contributed by atoms with Gasteiger partial charge in [-0.25, -0.2) is 4.79 Å². The molecule has 4 unspecified atom stereocenters. The number of carbonyl (C=O) groups is 1. The van der Waals surface area contributed by atoms with E-state index in [1.165, 1.54) is 0 Å². The number of hydrogen-bond acceptors (Lipinski definition) is 4. The number of fused-ring (bicyclic) bond motifs is 5. The highest BCUT2D eigenvalue weighted by Crippen LogP contribution is 2.48. The third kappa shape index (κ3) is 2.10. The molecule has 21 heavy (non-hydrogen) atoms. The molecule has 1 aromatic carbocycles. The average Bonchev–Trinajstić information content (AvgIpc) is 3.25. The molecule has 0 radical (unpaired) electrons. The van der Waals surface area contributed by atoms with E-state index < -0.39 is 0 Å². The first-order chi connectivity index (χ1) is 10.1. The Hall–Kier alpha value is -1.65. The Labute approximate surface area is 124 Å².